The van der Waals surface area contributed by atoms with Gasteiger partial charge in [-0.2, -0.15) is 0 Å². The van der Waals surface area contributed by atoms with Crippen molar-refractivity contribution in [1.29, 1.82) is 0 Å². The highest BCUT2D eigenvalue weighted by atomic mass is 35.5. The van der Waals surface area contributed by atoms with Crippen molar-refractivity contribution in [2.75, 3.05) is 5.32 Å². The van der Waals surface area contributed by atoms with Crippen molar-refractivity contribution < 1.29 is 19.1 Å². The summed E-state index contributed by atoms with van der Waals surface area (Å²) < 4.78 is 5.69. The van der Waals surface area contributed by atoms with Crippen molar-refractivity contribution in [3.63, 3.8) is 0 Å². The molecule has 0 bridgehead atoms. The minimum atomic E-state index is -1.14. The van der Waals surface area contributed by atoms with E-state index in [1.54, 1.807) is 78.9 Å². The Morgan fingerprint density at radius 1 is 0.743 bits per heavy atom. The number of ether oxygens (including phenoxy) is 1. The number of benzene rings is 4. The van der Waals surface area contributed by atoms with Crippen molar-refractivity contribution in [3.8, 4) is 0 Å². The molecule has 1 atom stereocenters. The van der Waals surface area contributed by atoms with Crippen LogP contribution in [0.15, 0.2) is 103 Å². The molecule has 0 aliphatic heterocycles. The number of anilines is 1. The van der Waals surface area contributed by atoms with Gasteiger partial charge in [0.25, 0.3) is 5.91 Å². The number of esters is 1. The van der Waals surface area contributed by atoms with Crippen molar-refractivity contribution in [3.05, 3.63) is 136 Å². The number of halogens is 1. The highest BCUT2D eigenvalue weighted by Gasteiger charge is 2.27. The van der Waals surface area contributed by atoms with Gasteiger partial charge in [-0.3, -0.25) is 9.59 Å². The van der Waals surface area contributed by atoms with E-state index in [9.17, 15) is 14.4 Å². The van der Waals surface area contributed by atoms with E-state index in [1.807, 2.05) is 25.1 Å². The summed E-state index contributed by atoms with van der Waals surface area (Å²) in [6.45, 7) is 1.94. The highest BCUT2D eigenvalue weighted by Crippen LogP contribution is 2.25. The highest BCUT2D eigenvalue weighted by molar-refractivity contribution is 6.30. The summed E-state index contributed by atoms with van der Waals surface area (Å²) in [5, 5.41) is 3.29. The third-order valence-corrected chi connectivity index (χ3v) is 5.62. The van der Waals surface area contributed by atoms with Gasteiger partial charge >= 0.3 is 5.97 Å². The van der Waals surface area contributed by atoms with E-state index in [0.29, 0.717) is 27.4 Å². The predicted octanol–water partition coefficient (Wildman–Crippen LogP) is 6.68. The predicted molar refractivity (Wildman–Crippen MR) is 136 cm³/mol. The van der Waals surface area contributed by atoms with Gasteiger partial charge in [-0.25, -0.2) is 4.79 Å². The normalized spacial score (nSPS) is 11.4. The van der Waals surface area contributed by atoms with Gasteiger partial charge in [0.15, 0.2) is 6.10 Å². The van der Waals surface area contributed by atoms with Crippen molar-refractivity contribution in [2.45, 2.75) is 13.0 Å². The first-order valence-corrected chi connectivity index (χ1v) is 11.3. The van der Waals surface area contributed by atoms with Crippen LogP contribution < -0.4 is 5.32 Å². The molecule has 4 aromatic carbocycles. The van der Waals surface area contributed by atoms with Crippen LogP contribution in [-0.2, 0) is 4.74 Å². The number of carbonyl (C=O) groups is 3. The number of amides is 1. The quantitative estimate of drug-likeness (QED) is 0.235. The number of hydrogen-bond acceptors (Lipinski definition) is 4. The fraction of sp³-hybridized carbons (Fsp3) is 0.0690. The van der Waals surface area contributed by atoms with Crippen molar-refractivity contribution >= 4 is 34.9 Å². The molecule has 0 spiro atoms. The van der Waals surface area contributed by atoms with Crippen LogP contribution in [0.4, 0.5) is 5.69 Å². The molecular weight excluding hydrogens is 462 g/mol. The zero-order valence-electron chi connectivity index (χ0n) is 18.9. The van der Waals surface area contributed by atoms with Crippen LogP contribution in [0.25, 0.3) is 0 Å². The fourth-order valence-corrected chi connectivity index (χ4v) is 3.60. The molecule has 0 fully saturated rings. The van der Waals surface area contributed by atoms with Gasteiger partial charge in [-0.05, 0) is 61.5 Å². The minimum absolute atomic E-state index is 0.205. The van der Waals surface area contributed by atoms with Crippen LogP contribution in [-0.4, -0.2) is 17.7 Å². The Bertz CT molecular complexity index is 1350. The smallest absolute Gasteiger partial charge is 0.339 e. The second kappa shape index (κ2) is 10.8. The molecule has 0 aliphatic carbocycles. The lowest BCUT2D eigenvalue weighted by molar-refractivity contribution is 0.0280. The van der Waals surface area contributed by atoms with Gasteiger partial charge in [-0.15, -0.1) is 0 Å². The SMILES string of the molecule is Cc1ccc(C(=O)Nc2cccc(C(=O)O[C@@H](C(=O)c3ccc(Cl)cc3)c3ccccc3)c2)cc1. The Labute approximate surface area is 208 Å². The third-order valence-electron chi connectivity index (χ3n) is 5.36. The third kappa shape index (κ3) is 6.02. The summed E-state index contributed by atoms with van der Waals surface area (Å²) in [5.74, 6) is -1.35. The average Bonchev–Trinajstić information content (AvgIpc) is 2.88. The molecule has 0 saturated heterocycles. The van der Waals surface area contributed by atoms with Gasteiger partial charge in [0.2, 0.25) is 5.78 Å². The summed E-state index contributed by atoms with van der Waals surface area (Å²) in [4.78, 5) is 38.9. The monoisotopic (exact) mass is 483 g/mol. The van der Waals surface area contributed by atoms with Gasteiger partial charge in [0.1, 0.15) is 0 Å². The average molecular weight is 484 g/mol. The molecule has 0 radical (unpaired) electrons. The summed E-state index contributed by atoms with van der Waals surface area (Å²) in [6.07, 6.45) is -1.14. The molecule has 35 heavy (non-hydrogen) atoms. The van der Waals surface area contributed by atoms with Crippen LogP contribution in [0.3, 0.4) is 0 Å². The van der Waals surface area contributed by atoms with E-state index < -0.39 is 12.1 Å². The van der Waals surface area contributed by atoms with Crippen LogP contribution in [0, 0.1) is 6.92 Å². The van der Waals surface area contributed by atoms with E-state index in [1.165, 1.54) is 6.07 Å². The molecule has 4 rings (SSSR count). The van der Waals surface area contributed by atoms with E-state index in [0.717, 1.165) is 5.56 Å². The van der Waals surface area contributed by atoms with Gasteiger partial charge in [0.05, 0.1) is 5.56 Å². The van der Waals surface area contributed by atoms with Crippen LogP contribution in [0.5, 0.6) is 0 Å². The first kappa shape index (κ1) is 23.9. The maximum absolute atomic E-state index is 13.2. The summed E-state index contributed by atoms with van der Waals surface area (Å²) in [6, 6.07) is 28.8. The zero-order valence-corrected chi connectivity index (χ0v) is 19.7. The molecule has 0 aliphatic rings. The molecule has 0 unspecified atom stereocenters. The standard InChI is InChI=1S/C29H22ClNO4/c1-19-10-12-22(13-11-19)28(33)31-25-9-5-8-23(18-25)29(34)35-27(21-6-3-2-4-7-21)26(32)20-14-16-24(30)17-15-20/h2-18,27H,1H3,(H,31,33)/t27-/m1/s1. The van der Waals surface area contributed by atoms with Crippen LogP contribution in [0.1, 0.15) is 48.3 Å². The summed E-state index contributed by atoms with van der Waals surface area (Å²) in [5.41, 5.74) is 3.11. The number of nitrogens with one attached hydrogen (secondary N) is 1. The zero-order chi connectivity index (χ0) is 24.8. The molecule has 0 saturated carbocycles. The number of rotatable bonds is 7. The molecular formula is C29H22ClNO4. The van der Waals surface area contributed by atoms with E-state index in [4.69, 9.17) is 16.3 Å². The maximum Gasteiger partial charge on any atom is 0.339 e. The minimum Gasteiger partial charge on any atom is -0.445 e. The van der Waals surface area contributed by atoms with Crippen molar-refractivity contribution in [1.82, 2.24) is 0 Å². The molecule has 1 amide bonds. The topological polar surface area (TPSA) is 72.5 Å². The number of hydrogen-bond donors (Lipinski definition) is 1. The van der Waals surface area contributed by atoms with E-state index in [2.05, 4.69) is 5.32 Å². The van der Waals surface area contributed by atoms with Gasteiger partial charge in [-0.1, -0.05) is 65.7 Å². The molecule has 0 aromatic heterocycles. The lowest BCUT2D eigenvalue weighted by Gasteiger charge is -2.18. The van der Waals surface area contributed by atoms with Gasteiger partial charge < -0.3 is 10.1 Å². The Morgan fingerprint density at radius 2 is 1.40 bits per heavy atom. The Morgan fingerprint density at radius 3 is 2.09 bits per heavy atom. The lowest BCUT2D eigenvalue weighted by Crippen LogP contribution is -2.20. The second-order valence-electron chi connectivity index (χ2n) is 7.97. The molecule has 174 valence electrons. The Hall–Kier alpha value is -4.22. The maximum atomic E-state index is 13.2. The summed E-state index contributed by atoms with van der Waals surface area (Å²) >= 11 is 5.95. The molecule has 1 N–H and O–H groups in total. The van der Waals surface area contributed by atoms with Crippen molar-refractivity contribution in [2.24, 2.45) is 0 Å². The summed E-state index contributed by atoms with van der Waals surface area (Å²) in [7, 11) is 0. The number of aryl methyl sites for hydroxylation is 1. The second-order valence-corrected chi connectivity index (χ2v) is 8.40. The number of carbonyl (C=O) groups excluding carboxylic acids is 3. The Kier molecular flexibility index (Phi) is 7.38. The van der Waals surface area contributed by atoms with E-state index in [-0.39, 0.29) is 17.3 Å². The molecule has 6 heteroatoms. The Balaban J connectivity index is 1.55. The molecule has 5 nitrogen and oxygen atoms in total. The van der Waals surface area contributed by atoms with Gasteiger partial charge in [0, 0.05) is 27.4 Å². The largest absolute Gasteiger partial charge is 0.445 e. The molecule has 0 heterocycles. The number of ketones is 1. The molecule has 4 aromatic rings. The van der Waals surface area contributed by atoms with Crippen LogP contribution >= 0.6 is 11.6 Å². The first-order valence-electron chi connectivity index (χ1n) is 10.9. The van der Waals surface area contributed by atoms with E-state index >= 15 is 0 Å². The first-order chi connectivity index (χ1) is 16.9. The fourth-order valence-electron chi connectivity index (χ4n) is 3.47. The lowest BCUT2D eigenvalue weighted by atomic mass is 9.99. The van der Waals surface area contributed by atoms with Crippen LogP contribution in [0.2, 0.25) is 5.02 Å². The number of Topliss-reactive ketones (excluding diaryl/α,β-unsaturated/α-hetero) is 1.